The molecule has 1 aromatic carbocycles. The van der Waals surface area contributed by atoms with Crippen molar-refractivity contribution in [2.45, 2.75) is 19.8 Å². The summed E-state index contributed by atoms with van der Waals surface area (Å²) in [5, 5.41) is 0.951. The highest BCUT2D eigenvalue weighted by Gasteiger charge is 2.18. The van der Waals surface area contributed by atoms with Crippen LogP contribution in [0.2, 0.25) is 0 Å². The van der Waals surface area contributed by atoms with Gasteiger partial charge >= 0.3 is 0 Å². The Kier molecular flexibility index (Phi) is 4.86. The zero-order chi connectivity index (χ0) is 13.7. The molecule has 0 aliphatic carbocycles. The second-order valence-corrected chi connectivity index (χ2v) is 4.86. The summed E-state index contributed by atoms with van der Waals surface area (Å²) in [6.45, 7) is 3.38. The molecule has 0 radical (unpaired) electrons. The molecule has 0 bridgehead atoms. The second-order valence-electron chi connectivity index (χ2n) is 4.48. The lowest BCUT2D eigenvalue weighted by molar-refractivity contribution is 0.0734. The van der Waals surface area contributed by atoms with Gasteiger partial charge in [-0.15, -0.1) is 11.6 Å². The molecule has 0 aliphatic rings. The molecule has 0 N–H and O–H groups in total. The highest BCUT2D eigenvalue weighted by Crippen LogP contribution is 2.20. The van der Waals surface area contributed by atoms with Crippen LogP contribution in [0.5, 0.6) is 0 Å². The molecule has 0 atom stereocenters. The van der Waals surface area contributed by atoms with Crippen molar-refractivity contribution in [2.75, 3.05) is 19.0 Å². The number of nitrogens with zero attached hydrogens (tertiary/aromatic N) is 1. The van der Waals surface area contributed by atoms with Crippen molar-refractivity contribution in [3.8, 4) is 0 Å². The lowest BCUT2D eigenvalue weighted by atomic mass is 10.2. The number of halogens is 1. The zero-order valence-corrected chi connectivity index (χ0v) is 11.8. The van der Waals surface area contributed by atoms with Crippen molar-refractivity contribution in [1.29, 1.82) is 0 Å². The normalized spacial score (nSPS) is 10.8. The fraction of sp³-hybridized carbons (Fsp3) is 0.400. The van der Waals surface area contributed by atoms with Crippen molar-refractivity contribution in [1.82, 2.24) is 4.90 Å². The molecule has 2 rings (SSSR count). The molecule has 0 unspecified atom stereocenters. The smallest absolute Gasteiger partial charge is 0.289 e. The molecule has 0 spiro atoms. The van der Waals surface area contributed by atoms with Crippen molar-refractivity contribution in [2.24, 2.45) is 0 Å². The number of hydrogen-bond acceptors (Lipinski definition) is 2. The Morgan fingerprint density at radius 2 is 2.11 bits per heavy atom. The van der Waals surface area contributed by atoms with E-state index in [1.54, 1.807) is 11.0 Å². The van der Waals surface area contributed by atoms with Crippen LogP contribution in [0.4, 0.5) is 0 Å². The molecular formula is C15H18ClNO2. The Morgan fingerprint density at radius 3 is 2.79 bits per heavy atom. The van der Waals surface area contributed by atoms with E-state index in [0.29, 0.717) is 18.2 Å². The van der Waals surface area contributed by atoms with Crippen LogP contribution in [0.3, 0.4) is 0 Å². The monoisotopic (exact) mass is 279 g/mol. The largest absolute Gasteiger partial charge is 0.451 e. The van der Waals surface area contributed by atoms with Gasteiger partial charge < -0.3 is 9.32 Å². The van der Waals surface area contributed by atoms with Crippen molar-refractivity contribution >= 4 is 28.5 Å². The van der Waals surface area contributed by atoms with Crippen LogP contribution in [0.25, 0.3) is 11.0 Å². The number of benzene rings is 1. The number of para-hydroxylation sites is 1. The molecule has 4 heteroatoms. The Hall–Kier alpha value is -1.48. The maximum atomic E-state index is 12.4. The van der Waals surface area contributed by atoms with Gasteiger partial charge in [0.1, 0.15) is 5.58 Å². The molecule has 1 amide bonds. The Morgan fingerprint density at radius 1 is 1.32 bits per heavy atom. The molecule has 102 valence electrons. The topological polar surface area (TPSA) is 33.5 Å². The predicted octanol–water partition coefficient (Wildman–Crippen LogP) is 3.91. The molecular weight excluding hydrogens is 262 g/mol. The number of hydrogen-bond donors (Lipinski definition) is 0. The third-order valence-corrected chi connectivity index (χ3v) is 3.23. The van der Waals surface area contributed by atoms with E-state index in [-0.39, 0.29) is 5.91 Å². The van der Waals surface area contributed by atoms with E-state index < -0.39 is 0 Å². The van der Waals surface area contributed by atoms with Crippen molar-refractivity contribution in [3.05, 3.63) is 36.1 Å². The first-order valence-electron chi connectivity index (χ1n) is 6.60. The zero-order valence-electron chi connectivity index (χ0n) is 11.1. The van der Waals surface area contributed by atoms with E-state index in [1.165, 1.54) is 0 Å². The highest BCUT2D eigenvalue weighted by molar-refractivity contribution is 6.18. The summed E-state index contributed by atoms with van der Waals surface area (Å²) in [6, 6.07) is 9.43. The van der Waals surface area contributed by atoms with Crippen LogP contribution in [-0.4, -0.2) is 29.8 Å². The minimum Gasteiger partial charge on any atom is -0.451 e. The molecule has 3 nitrogen and oxygen atoms in total. The molecule has 1 heterocycles. The van der Waals surface area contributed by atoms with Gasteiger partial charge in [0.05, 0.1) is 0 Å². The Bertz CT molecular complexity index is 517. The minimum absolute atomic E-state index is 0.0784. The maximum absolute atomic E-state index is 12.4. The molecule has 19 heavy (non-hydrogen) atoms. The fourth-order valence-corrected chi connectivity index (χ4v) is 2.21. The van der Waals surface area contributed by atoms with Gasteiger partial charge in [-0.25, -0.2) is 0 Å². The molecule has 0 fully saturated rings. The number of carbonyl (C=O) groups excluding carboxylic acids is 1. The average molecular weight is 280 g/mol. The van der Waals surface area contributed by atoms with E-state index in [2.05, 4.69) is 6.92 Å². The third-order valence-electron chi connectivity index (χ3n) is 3.06. The lowest BCUT2D eigenvalue weighted by Gasteiger charge is -2.19. The third kappa shape index (κ3) is 3.29. The van der Waals surface area contributed by atoms with E-state index in [4.69, 9.17) is 16.0 Å². The highest BCUT2D eigenvalue weighted by atomic mass is 35.5. The van der Waals surface area contributed by atoms with Gasteiger partial charge in [0.25, 0.3) is 5.91 Å². The van der Waals surface area contributed by atoms with Crippen LogP contribution >= 0.6 is 11.6 Å². The minimum atomic E-state index is -0.0784. The summed E-state index contributed by atoms with van der Waals surface area (Å²) in [6.07, 6.45) is 2.02. The molecule has 0 aliphatic heterocycles. The molecule has 0 saturated carbocycles. The molecule has 0 saturated heterocycles. The average Bonchev–Trinajstić information content (AvgIpc) is 2.86. The van der Waals surface area contributed by atoms with Gasteiger partial charge in [0.15, 0.2) is 5.76 Å². The number of furan rings is 1. The first kappa shape index (κ1) is 13.9. The number of amides is 1. The molecule has 1 aromatic heterocycles. The summed E-state index contributed by atoms with van der Waals surface area (Å²) < 4.78 is 5.60. The van der Waals surface area contributed by atoms with Gasteiger partial charge in [0, 0.05) is 24.4 Å². The standard InChI is InChI=1S/C15H18ClNO2/c1-2-3-9-17(10-8-16)15(18)14-11-12-6-4-5-7-13(12)19-14/h4-7,11H,2-3,8-10H2,1H3. The van der Waals surface area contributed by atoms with Crippen molar-refractivity contribution in [3.63, 3.8) is 0 Å². The van der Waals surface area contributed by atoms with Gasteiger partial charge in [0.2, 0.25) is 0 Å². The number of fused-ring (bicyclic) bond motifs is 1. The second kappa shape index (κ2) is 6.62. The summed E-state index contributed by atoms with van der Waals surface area (Å²) in [5.41, 5.74) is 0.743. The van der Waals surface area contributed by atoms with E-state index in [9.17, 15) is 4.79 Å². The van der Waals surface area contributed by atoms with E-state index in [1.807, 2.05) is 24.3 Å². The number of alkyl halides is 1. The maximum Gasteiger partial charge on any atom is 0.289 e. The van der Waals surface area contributed by atoms with Crippen LogP contribution in [0.1, 0.15) is 30.3 Å². The van der Waals surface area contributed by atoms with E-state index in [0.717, 1.165) is 30.4 Å². The lowest BCUT2D eigenvalue weighted by Crippen LogP contribution is -2.33. The van der Waals surface area contributed by atoms with Gasteiger partial charge in [-0.3, -0.25) is 4.79 Å². The summed E-state index contributed by atoms with van der Waals surface area (Å²) in [7, 11) is 0. The number of carbonyl (C=O) groups is 1. The van der Waals surface area contributed by atoms with E-state index >= 15 is 0 Å². The Labute approximate surface area is 118 Å². The number of rotatable bonds is 6. The summed E-state index contributed by atoms with van der Waals surface area (Å²) >= 11 is 5.76. The van der Waals surface area contributed by atoms with Crippen LogP contribution in [0, 0.1) is 0 Å². The van der Waals surface area contributed by atoms with Gasteiger partial charge in [-0.05, 0) is 18.6 Å². The van der Waals surface area contributed by atoms with Crippen LogP contribution in [0.15, 0.2) is 34.7 Å². The van der Waals surface area contributed by atoms with Crippen LogP contribution in [-0.2, 0) is 0 Å². The first-order chi connectivity index (χ1) is 9.26. The Balaban J connectivity index is 2.19. The first-order valence-corrected chi connectivity index (χ1v) is 7.13. The fourth-order valence-electron chi connectivity index (χ4n) is 2.01. The number of unbranched alkanes of at least 4 members (excludes halogenated alkanes) is 1. The van der Waals surface area contributed by atoms with Gasteiger partial charge in [-0.2, -0.15) is 0 Å². The predicted molar refractivity (Wildman–Crippen MR) is 77.7 cm³/mol. The SMILES string of the molecule is CCCCN(CCCl)C(=O)c1cc2ccccc2o1. The van der Waals surface area contributed by atoms with Crippen LogP contribution < -0.4 is 0 Å². The molecule has 2 aromatic rings. The quantitative estimate of drug-likeness (QED) is 0.751. The van der Waals surface area contributed by atoms with Crippen molar-refractivity contribution < 1.29 is 9.21 Å². The summed E-state index contributed by atoms with van der Waals surface area (Å²) in [4.78, 5) is 14.1. The summed E-state index contributed by atoms with van der Waals surface area (Å²) in [5.74, 6) is 0.753. The van der Waals surface area contributed by atoms with Gasteiger partial charge in [-0.1, -0.05) is 31.5 Å².